The van der Waals surface area contributed by atoms with Crippen LogP contribution in [0.15, 0.2) is 24.3 Å². The fourth-order valence-electron chi connectivity index (χ4n) is 8.38. The second-order valence-corrected chi connectivity index (χ2v) is 15.3. The predicted molar refractivity (Wildman–Crippen MR) is 184 cm³/mol. The van der Waals surface area contributed by atoms with Crippen molar-refractivity contribution in [3.63, 3.8) is 0 Å². The van der Waals surface area contributed by atoms with Crippen molar-refractivity contribution in [3.05, 3.63) is 41.0 Å². The van der Waals surface area contributed by atoms with E-state index in [2.05, 4.69) is 5.32 Å². The van der Waals surface area contributed by atoms with Gasteiger partial charge in [0.15, 0.2) is 23.0 Å². The molecule has 3 aliphatic heterocycles. The van der Waals surface area contributed by atoms with Gasteiger partial charge in [0.1, 0.15) is 18.2 Å². The van der Waals surface area contributed by atoms with E-state index in [1.165, 1.54) is 21.3 Å². The molecule has 1 N–H and O–H groups in total. The summed E-state index contributed by atoms with van der Waals surface area (Å²) < 4.78 is 46.2. The molecule has 14 nitrogen and oxygen atoms in total. The smallest absolute Gasteiger partial charge is 0.408 e. The van der Waals surface area contributed by atoms with E-state index in [1.54, 1.807) is 18.2 Å². The average molecular weight is 726 g/mol. The van der Waals surface area contributed by atoms with E-state index < -0.39 is 65.1 Å². The summed E-state index contributed by atoms with van der Waals surface area (Å²) in [6.45, 7) is 11.0. The second-order valence-electron chi connectivity index (χ2n) is 15.3. The first-order valence-electron chi connectivity index (χ1n) is 17.7. The maximum atomic E-state index is 14.2. The van der Waals surface area contributed by atoms with Crippen molar-refractivity contribution in [1.82, 2.24) is 10.4 Å². The van der Waals surface area contributed by atoms with E-state index in [4.69, 9.17) is 37.9 Å². The maximum Gasteiger partial charge on any atom is 0.408 e. The van der Waals surface area contributed by atoms with Gasteiger partial charge in [0.2, 0.25) is 12.5 Å². The lowest BCUT2D eigenvalue weighted by Gasteiger charge is -2.49. The summed E-state index contributed by atoms with van der Waals surface area (Å²) in [5, 5.41) is 16.7. The third-order valence-corrected chi connectivity index (χ3v) is 11.0. The number of fused-ring (bicyclic) bond motifs is 3. The molecule has 1 aliphatic carbocycles. The first-order valence-corrected chi connectivity index (χ1v) is 17.7. The number of piperidine rings is 1. The molecule has 0 bridgehead atoms. The van der Waals surface area contributed by atoms with Gasteiger partial charge in [-0.1, -0.05) is 20.3 Å². The topological polar surface area (TPSA) is 160 Å². The van der Waals surface area contributed by atoms with Crippen LogP contribution in [0.1, 0.15) is 89.5 Å². The minimum Gasteiger partial charge on any atom is -0.493 e. The highest BCUT2D eigenvalue weighted by Crippen LogP contribution is 2.56. The summed E-state index contributed by atoms with van der Waals surface area (Å²) in [5.74, 6) is -1.18. The van der Waals surface area contributed by atoms with Gasteiger partial charge in [0.25, 0.3) is 0 Å². The van der Waals surface area contributed by atoms with Crippen LogP contribution in [-0.4, -0.2) is 81.0 Å². The quantitative estimate of drug-likeness (QED) is 0.244. The molecule has 6 rings (SSSR count). The van der Waals surface area contributed by atoms with Crippen LogP contribution in [0.2, 0.25) is 0 Å². The molecule has 283 valence electrons. The van der Waals surface area contributed by atoms with E-state index in [1.807, 2.05) is 47.6 Å². The van der Waals surface area contributed by atoms with Crippen LogP contribution in [0.3, 0.4) is 0 Å². The molecule has 4 aliphatic rings. The lowest BCUT2D eigenvalue weighted by Crippen LogP contribution is -2.60. The van der Waals surface area contributed by atoms with Crippen molar-refractivity contribution in [2.75, 3.05) is 34.7 Å². The number of carbonyl (C=O) groups is 3. The molecule has 1 radical (unpaired) electrons. The average Bonchev–Trinajstić information content (AvgIpc) is 3.73. The Balaban J connectivity index is 1.33. The Bertz CT molecular complexity index is 1670. The van der Waals surface area contributed by atoms with E-state index in [-0.39, 0.29) is 19.3 Å². The number of hydrogen-bond donors (Lipinski definition) is 1. The SMILES string of the molecule is CC[C@H](C)[C@H](NC(=O)OC1CC(C)(C)N([O])C(C)(C)C1)C(=O)O[C@H]1c2cc3c(cc2[C@@H](c2cc(OC)c(OC)c(OC)c2)[C@H]2C(=O)OC[C@@H]21)OCO3. The van der Waals surface area contributed by atoms with Gasteiger partial charge in [-0.05, 0) is 69.0 Å². The number of esters is 2. The molecule has 3 heterocycles. The molecule has 2 saturated heterocycles. The fraction of sp³-hybridized carbons (Fsp3) is 0.605. The van der Waals surface area contributed by atoms with Gasteiger partial charge in [-0.25, -0.2) is 9.59 Å². The third kappa shape index (κ3) is 6.66. The van der Waals surface area contributed by atoms with Crippen molar-refractivity contribution in [2.45, 2.75) is 96.1 Å². The summed E-state index contributed by atoms with van der Waals surface area (Å²) >= 11 is 0. The summed E-state index contributed by atoms with van der Waals surface area (Å²) in [4.78, 5) is 41.2. The van der Waals surface area contributed by atoms with Gasteiger partial charge in [-0.2, -0.15) is 0 Å². The molecule has 0 aromatic heterocycles. The largest absolute Gasteiger partial charge is 0.493 e. The Hall–Kier alpha value is -4.43. The summed E-state index contributed by atoms with van der Waals surface area (Å²) in [6, 6.07) is 6.12. The number of carbonyl (C=O) groups excluding carboxylic acids is 3. The molecule has 2 fully saturated rings. The highest BCUT2D eigenvalue weighted by atomic mass is 16.7. The highest BCUT2D eigenvalue weighted by molar-refractivity contribution is 5.83. The first kappa shape index (κ1) is 37.3. The molecule has 0 unspecified atom stereocenters. The van der Waals surface area contributed by atoms with Gasteiger partial charge < -0.3 is 43.2 Å². The Labute approximate surface area is 303 Å². The van der Waals surface area contributed by atoms with Gasteiger partial charge in [-0.3, -0.25) is 4.79 Å². The van der Waals surface area contributed by atoms with Crippen molar-refractivity contribution in [1.29, 1.82) is 0 Å². The number of benzene rings is 2. The van der Waals surface area contributed by atoms with Gasteiger partial charge in [0, 0.05) is 41.3 Å². The molecular weight excluding hydrogens is 676 g/mol. The van der Waals surface area contributed by atoms with Crippen molar-refractivity contribution in [3.8, 4) is 28.7 Å². The van der Waals surface area contributed by atoms with Crippen molar-refractivity contribution in [2.24, 2.45) is 17.8 Å². The lowest BCUT2D eigenvalue weighted by atomic mass is 9.66. The van der Waals surface area contributed by atoms with E-state index >= 15 is 0 Å². The van der Waals surface area contributed by atoms with Crippen LogP contribution in [0, 0.1) is 17.8 Å². The molecule has 0 spiro atoms. The van der Waals surface area contributed by atoms with Crippen molar-refractivity contribution < 1.29 is 57.5 Å². The number of amides is 1. The number of rotatable bonds is 10. The Kier molecular flexibility index (Phi) is 10.2. The van der Waals surface area contributed by atoms with Gasteiger partial charge in [-0.15, -0.1) is 10.3 Å². The predicted octanol–water partition coefficient (Wildman–Crippen LogP) is 5.47. The molecule has 2 aromatic rings. The number of alkyl carbamates (subject to hydrolysis) is 1. The number of ether oxygens (including phenoxy) is 8. The Morgan fingerprint density at radius 2 is 1.50 bits per heavy atom. The fourth-order valence-corrected chi connectivity index (χ4v) is 8.38. The molecule has 2 aromatic carbocycles. The van der Waals surface area contributed by atoms with Crippen molar-refractivity contribution >= 4 is 18.0 Å². The monoisotopic (exact) mass is 725 g/mol. The van der Waals surface area contributed by atoms with Gasteiger partial charge in [0.05, 0.1) is 33.9 Å². The number of methoxy groups -OCH3 is 3. The number of cyclic esters (lactones) is 1. The molecule has 14 heteroatoms. The zero-order chi connectivity index (χ0) is 37.7. The first-order chi connectivity index (χ1) is 24.6. The second kappa shape index (κ2) is 14.2. The van der Waals surface area contributed by atoms with E-state index in [0.717, 1.165) is 5.06 Å². The minimum atomic E-state index is -1.07. The van der Waals surface area contributed by atoms with Crippen LogP contribution in [0.4, 0.5) is 4.79 Å². The molecular formula is C38H49N2O12. The zero-order valence-corrected chi connectivity index (χ0v) is 31.2. The summed E-state index contributed by atoms with van der Waals surface area (Å²) in [7, 11) is 4.55. The Morgan fingerprint density at radius 1 is 0.904 bits per heavy atom. The molecule has 0 saturated carbocycles. The molecule has 52 heavy (non-hydrogen) atoms. The molecule has 6 atom stereocenters. The number of nitrogens with zero attached hydrogens (tertiary/aromatic N) is 1. The van der Waals surface area contributed by atoms with E-state index in [9.17, 15) is 19.6 Å². The van der Waals surface area contributed by atoms with Crippen LogP contribution >= 0.6 is 0 Å². The van der Waals surface area contributed by atoms with Crippen LogP contribution < -0.4 is 29.0 Å². The summed E-state index contributed by atoms with van der Waals surface area (Å²) in [6.07, 6.45) is -1.01. The van der Waals surface area contributed by atoms with Crippen LogP contribution in [0.25, 0.3) is 0 Å². The summed E-state index contributed by atoms with van der Waals surface area (Å²) in [5.41, 5.74) is 0.503. The van der Waals surface area contributed by atoms with Gasteiger partial charge >= 0.3 is 18.0 Å². The van der Waals surface area contributed by atoms with Crippen LogP contribution in [0.5, 0.6) is 28.7 Å². The standard InChI is InChI=1S/C38H49N2O12/c1-10-19(2)31(39-36(43)51-21-15-37(3,4)40(44)38(5,6)16-21)35(42)52-32-23-14-26-25(49-18-50-26)13-22(23)29(30-24(32)17-48-34(30)41)20-11-27(45-7)33(47-9)28(12-20)46-8/h11-14,19,21,24,29-32H,10,15-18H2,1-9H3,(H,39,43)/t19-,24-,29+,30-,31-,32-/m0/s1. The van der Waals surface area contributed by atoms with E-state index in [0.29, 0.717) is 64.7 Å². The zero-order valence-electron chi connectivity index (χ0n) is 31.2. The lowest BCUT2D eigenvalue weighted by molar-refractivity contribution is -0.298. The normalized spacial score (nSPS) is 25.5. The number of hydrogen-bond acceptors (Lipinski definition) is 12. The molecule has 1 amide bonds. The number of nitrogens with one attached hydrogen (secondary N) is 1. The Morgan fingerprint density at radius 3 is 2.06 bits per heavy atom. The van der Waals surface area contributed by atoms with Crippen LogP contribution in [-0.2, 0) is 29.0 Å². The highest BCUT2D eigenvalue weighted by Gasteiger charge is 2.55. The third-order valence-electron chi connectivity index (χ3n) is 11.0. The minimum absolute atomic E-state index is 0.00367. The number of hydroxylamine groups is 2. The maximum absolute atomic E-state index is 14.2.